The van der Waals surface area contributed by atoms with E-state index in [2.05, 4.69) is 11.5 Å². The fourth-order valence-corrected chi connectivity index (χ4v) is 2.52. The van der Waals surface area contributed by atoms with Crippen molar-refractivity contribution in [3.05, 3.63) is 12.7 Å². The Morgan fingerprint density at radius 2 is 2.25 bits per heavy atom. The molecule has 2 atom stereocenters. The van der Waals surface area contributed by atoms with Gasteiger partial charge >= 0.3 is 0 Å². The predicted molar refractivity (Wildman–Crippen MR) is 66.3 cm³/mol. The van der Waals surface area contributed by atoms with Crippen molar-refractivity contribution in [2.24, 2.45) is 0 Å². The van der Waals surface area contributed by atoms with Crippen LogP contribution in [0.1, 0.15) is 39.5 Å². The summed E-state index contributed by atoms with van der Waals surface area (Å²) in [6.07, 6.45) is 5.28. The standard InChI is InChI=1S/C13H25NO2/c1-4-5-7-11(15)10-14-9-6-8-12(14)13(2,3)16/h4,11-12,15-16H,1,5-10H2,2-3H3/t11-,12-/m1/s1. The van der Waals surface area contributed by atoms with Crippen molar-refractivity contribution >= 4 is 0 Å². The monoisotopic (exact) mass is 227 g/mol. The lowest BCUT2D eigenvalue weighted by atomic mass is 9.96. The van der Waals surface area contributed by atoms with Gasteiger partial charge in [-0.1, -0.05) is 6.08 Å². The molecule has 0 radical (unpaired) electrons. The minimum absolute atomic E-state index is 0.186. The van der Waals surface area contributed by atoms with Gasteiger partial charge in [0, 0.05) is 12.6 Å². The third-order valence-electron chi connectivity index (χ3n) is 3.33. The van der Waals surface area contributed by atoms with E-state index in [1.165, 1.54) is 0 Å². The number of hydrogen-bond donors (Lipinski definition) is 2. The number of rotatable bonds is 6. The highest BCUT2D eigenvalue weighted by Gasteiger charge is 2.36. The third kappa shape index (κ3) is 3.89. The van der Waals surface area contributed by atoms with Gasteiger partial charge in [-0.3, -0.25) is 4.90 Å². The number of allylic oxidation sites excluding steroid dienone is 1. The Labute approximate surface area is 98.8 Å². The molecule has 0 amide bonds. The fourth-order valence-electron chi connectivity index (χ4n) is 2.52. The van der Waals surface area contributed by atoms with Gasteiger partial charge in [-0.05, 0) is 46.1 Å². The lowest BCUT2D eigenvalue weighted by Crippen LogP contribution is -2.48. The molecule has 2 N–H and O–H groups in total. The van der Waals surface area contributed by atoms with Crippen LogP contribution in [0.15, 0.2) is 12.7 Å². The number of β-amino-alcohol motifs (C(OH)–C–C–N with tert-alkyl or cyclic N) is 1. The molecule has 0 unspecified atom stereocenters. The fraction of sp³-hybridized carbons (Fsp3) is 0.846. The Kier molecular flexibility index (Phi) is 4.96. The van der Waals surface area contributed by atoms with Gasteiger partial charge < -0.3 is 10.2 Å². The topological polar surface area (TPSA) is 43.7 Å². The maximum Gasteiger partial charge on any atom is 0.0746 e. The summed E-state index contributed by atoms with van der Waals surface area (Å²) in [6.45, 7) is 9.02. The van der Waals surface area contributed by atoms with Crippen LogP contribution in [0.5, 0.6) is 0 Å². The Bertz CT molecular complexity index is 222. The van der Waals surface area contributed by atoms with Crippen LogP contribution in [0, 0.1) is 0 Å². The molecule has 1 saturated heterocycles. The minimum atomic E-state index is -0.672. The summed E-state index contributed by atoms with van der Waals surface area (Å²) in [4.78, 5) is 2.22. The SMILES string of the molecule is C=CCC[C@@H](O)CN1CCC[C@@H]1C(C)(C)O. The van der Waals surface area contributed by atoms with Crippen LogP contribution < -0.4 is 0 Å². The van der Waals surface area contributed by atoms with Gasteiger partial charge in [0.15, 0.2) is 0 Å². The summed E-state index contributed by atoms with van der Waals surface area (Å²) in [7, 11) is 0. The highest BCUT2D eigenvalue weighted by molar-refractivity contribution is 4.91. The second-order valence-corrected chi connectivity index (χ2v) is 5.33. The van der Waals surface area contributed by atoms with Gasteiger partial charge in [0.05, 0.1) is 11.7 Å². The van der Waals surface area contributed by atoms with E-state index in [0.717, 1.165) is 32.2 Å². The second kappa shape index (κ2) is 5.80. The van der Waals surface area contributed by atoms with Gasteiger partial charge in [0.2, 0.25) is 0 Å². The van der Waals surface area contributed by atoms with E-state index in [4.69, 9.17) is 0 Å². The quantitative estimate of drug-likeness (QED) is 0.677. The molecule has 3 heteroatoms. The smallest absolute Gasteiger partial charge is 0.0746 e. The van der Waals surface area contributed by atoms with Gasteiger partial charge in [-0.2, -0.15) is 0 Å². The van der Waals surface area contributed by atoms with Crippen molar-refractivity contribution in [2.75, 3.05) is 13.1 Å². The summed E-state index contributed by atoms with van der Waals surface area (Å²) in [6, 6.07) is 0.186. The summed E-state index contributed by atoms with van der Waals surface area (Å²) >= 11 is 0. The lowest BCUT2D eigenvalue weighted by Gasteiger charge is -2.34. The molecule has 0 aliphatic carbocycles. The average Bonchev–Trinajstić information content (AvgIpc) is 2.62. The first kappa shape index (κ1) is 13.7. The van der Waals surface area contributed by atoms with Crippen LogP contribution in [-0.4, -0.2) is 45.9 Å². The largest absolute Gasteiger partial charge is 0.392 e. The molecule has 0 aromatic heterocycles. The maximum absolute atomic E-state index is 10.0. The van der Waals surface area contributed by atoms with Crippen LogP contribution in [0.3, 0.4) is 0 Å². The highest BCUT2D eigenvalue weighted by Crippen LogP contribution is 2.26. The molecule has 0 saturated carbocycles. The number of nitrogens with zero attached hydrogens (tertiary/aromatic N) is 1. The molecular weight excluding hydrogens is 202 g/mol. The van der Waals surface area contributed by atoms with Gasteiger partial charge in [-0.25, -0.2) is 0 Å². The summed E-state index contributed by atoms with van der Waals surface area (Å²) in [5.41, 5.74) is -0.672. The molecule has 1 rings (SSSR count). The summed E-state index contributed by atoms with van der Waals surface area (Å²) in [5, 5.41) is 19.9. The molecule has 0 bridgehead atoms. The van der Waals surface area contributed by atoms with Crippen molar-refractivity contribution in [2.45, 2.75) is 57.3 Å². The molecular formula is C13H25NO2. The van der Waals surface area contributed by atoms with Crippen LogP contribution in [-0.2, 0) is 0 Å². The summed E-state index contributed by atoms with van der Waals surface area (Å²) < 4.78 is 0. The van der Waals surface area contributed by atoms with E-state index in [9.17, 15) is 10.2 Å². The van der Waals surface area contributed by atoms with Gasteiger partial charge in [0.1, 0.15) is 0 Å². The van der Waals surface area contributed by atoms with Crippen LogP contribution in [0.2, 0.25) is 0 Å². The molecule has 0 aromatic rings. The van der Waals surface area contributed by atoms with E-state index in [1.54, 1.807) is 0 Å². The molecule has 0 spiro atoms. The number of hydrogen-bond acceptors (Lipinski definition) is 3. The zero-order valence-corrected chi connectivity index (χ0v) is 10.5. The molecule has 94 valence electrons. The molecule has 1 aliphatic rings. The first-order valence-corrected chi connectivity index (χ1v) is 6.20. The molecule has 16 heavy (non-hydrogen) atoms. The Balaban J connectivity index is 2.43. The third-order valence-corrected chi connectivity index (χ3v) is 3.33. The van der Waals surface area contributed by atoms with Crippen molar-refractivity contribution in [1.29, 1.82) is 0 Å². The molecule has 0 aromatic carbocycles. The number of likely N-dealkylation sites (tertiary alicyclic amines) is 1. The Morgan fingerprint density at radius 1 is 1.56 bits per heavy atom. The Hall–Kier alpha value is -0.380. The molecule has 3 nitrogen and oxygen atoms in total. The Morgan fingerprint density at radius 3 is 2.81 bits per heavy atom. The van der Waals surface area contributed by atoms with Gasteiger partial charge in [0.25, 0.3) is 0 Å². The van der Waals surface area contributed by atoms with Crippen molar-refractivity contribution in [1.82, 2.24) is 4.90 Å². The predicted octanol–water partition coefficient (Wildman–Crippen LogP) is 1.55. The highest BCUT2D eigenvalue weighted by atomic mass is 16.3. The average molecular weight is 227 g/mol. The van der Waals surface area contributed by atoms with E-state index in [1.807, 2.05) is 19.9 Å². The zero-order chi connectivity index (χ0) is 12.2. The second-order valence-electron chi connectivity index (χ2n) is 5.33. The van der Waals surface area contributed by atoms with E-state index in [0.29, 0.717) is 6.54 Å². The summed E-state index contributed by atoms with van der Waals surface area (Å²) in [5.74, 6) is 0. The van der Waals surface area contributed by atoms with Crippen molar-refractivity contribution < 1.29 is 10.2 Å². The maximum atomic E-state index is 10.0. The normalized spacial score (nSPS) is 24.6. The number of aliphatic hydroxyl groups is 2. The van der Waals surface area contributed by atoms with E-state index >= 15 is 0 Å². The van der Waals surface area contributed by atoms with Gasteiger partial charge in [-0.15, -0.1) is 6.58 Å². The zero-order valence-electron chi connectivity index (χ0n) is 10.5. The van der Waals surface area contributed by atoms with Crippen molar-refractivity contribution in [3.8, 4) is 0 Å². The molecule has 1 heterocycles. The lowest BCUT2D eigenvalue weighted by molar-refractivity contribution is -0.0164. The van der Waals surface area contributed by atoms with Crippen LogP contribution >= 0.6 is 0 Å². The number of aliphatic hydroxyl groups excluding tert-OH is 1. The first-order valence-electron chi connectivity index (χ1n) is 6.20. The van der Waals surface area contributed by atoms with Crippen molar-refractivity contribution in [3.63, 3.8) is 0 Å². The first-order chi connectivity index (χ1) is 7.45. The van der Waals surface area contributed by atoms with E-state index < -0.39 is 5.60 Å². The molecule has 1 fully saturated rings. The minimum Gasteiger partial charge on any atom is -0.392 e. The van der Waals surface area contributed by atoms with Crippen LogP contribution in [0.25, 0.3) is 0 Å². The van der Waals surface area contributed by atoms with Crippen LogP contribution in [0.4, 0.5) is 0 Å². The molecule has 1 aliphatic heterocycles. The van der Waals surface area contributed by atoms with E-state index in [-0.39, 0.29) is 12.1 Å².